The molecule has 1 rings (SSSR count). The summed E-state index contributed by atoms with van der Waals surface area (Å²) in [6, 6.07) is 3.29. The molecule has 0 aliphatic carbocycles. The molecule has 0 radical (unpaired) electrons. The molecule has 0 spiro atoms. The molecule has 34 heavy (non-hydrogen) atoms. The van der Waals surface area contributed by atoms with E-state index in [2.05, 4.69) is 15.4 Å². The van der Waals surface area contributed by atoms with Crippen LogP contribution in [0.5, 0.6) is 0 Å². The Morgan fingerprint density at radius 3 is 2.09 bits per heavy atom. The van der Waals surface area contributed by atoms with Gasteiger partial charge in [-0.2, -0.15) is 0 Å². The monoisotopic (exact) mass is 477 g/mol. The van der Waals surface area contributed by atoms with Crippen molar-refractivity contribution in [1.29, 1.82) is 0 Å². The topological polar surface area (TPSA) is 114 Å². The van der Waals surface area contributed by atoms with Crippen LogP contribution in [0.25, 0.3) is 0 Å². The first-order valence-electron chi connectivity index (χ1n) is 11.5. The third kappa shape index (κ3) is 8.04. The minimum Gasteiger partial charge on any atom is -0.468 e. The van der Waals surface area contributed by atoms with Gasteiger partial charge in [0.25, 0.3) is 0 Å². The van der Waals surface area contributed by atoms with E-state index in [1.165, 1.54) is 12.0 Å². The van der Waals surface area contributed by atoms with Gasteiger partial charge in [-0.3, -0.25) is 14.4 Å². The van der Waals surface area contributed by atoms with Crippen LogP contribution in [0.1, 0.15) is 70.7 Å². The number of hydrogen-bond acceptors (Lipinski definition) is 6. The Kier molecular flexibility index (Phi) is 10.5. The molecule has 9 nitrogen and oxygen atoms in total. The Labute approximate surface area is 202 Å². The van der Waals surface area contributed by atoms with Crippen molar-refractivity contribution >= 4 is 23.9 Å². The highest BCUT2D eigenvalue weighted by Gasteiger charge is 2.38. The highest BCUT2D eigenvalue weighted by atomic mass is 16.6. The van der Waals surface area contributed by atoms with Gasteiger partial charge in [0.05, 0.1) is 7.11 Å². The average Bonchev–Trinajstić information content (AvgIpc) is 2.74. The van der Waals surface area contributed by atoms with Crippen LogP contribution in [0, 0.1) is 13.8 Å². The minimum atomic E-state index is -1.02. The van der Waals surface area contributed by atoms with Crippen molar-refractivity contribution in [2.45, 2.75) is 85.5 Å². The lowest BCUT2D eigenvalue weighted by Crippen LogP contribution is -2.55. The van der Waals surface area contributed by atoms with E-state index in [-0.39, 0.29) is 12.6 Å². The number of carbonyl (C=O) groups is 4. The molecule has 0 aromatic heterocycles. The summed E-state index contributed by atoms with van der Waals surface area (Å²) < 4.78 is 9.92. The molecule has 1 aromatic rings. The first-order chi connectivity index (χ1) is 15.7. The summed E-state index contributed by atoms with van der Waals surface area (Å²) in [5, 5.41) is 5.16. The molecule has 3 unspecified atom stereocenters. The number of benzene rings is 1. The number of alkyl carbamates (subject to hydrolysis) is 1. The quantitative estimate of drug-likeness (QED) is 0.528. The Morgan fingerprint density at radius 1 is 1.06 bits per heavy atom. The molecule has 0 saturated carbocycles. The summed E-state index contributed by atoms with van der Waals surface area (Å²) in [5.41, 5.74) is 1.60. The minimum absolute atomic E-state index is 0.328. The molecular formula is C25H39N3O6. The largest absolute Gasteiger partial charge is 0.468 e. The normalized spacial score (nSPS) is 13.8. The van der Waals surface area contributed by atoms with Crippen molar-refractivity contribution in [3.05, 3.63) is 34.9 Å². The lowest BCUT2D eigenvalue weighted by Gasteiger charge is -2.38. The Hall–Kier alpha value is -3.10. The smallest absolute Gasteiger partial charge is 0.408 e. The van der Waals surface area contributed by atoms with Gasteiger partial charge in [-0.25, -0.2) is 4.79 Å². The number of aryl methyl sites for hydroxylation is 2. The molecule has 0 aliphatic heterocycles. The fourth-order valence-electron chi connectivity index (χ4n) is 3.55. The summed E-state index contributed by atoms with van der Waals surface area (Å²) in [6.07, 6.45) is -0.160. The van der Waals surface area contributed by atoms with Crippen molar-refractivity contribution in [2.75, 3.05) is 13.7 Å². The highest BCUT2D eigenvalue weighted by molar-refractivity contribution is 5.93. The van der Waals surface area contributed by atoms with Crippen molar-refractivity contribution in [1.82, 2.24) is 15.5 Å². The molecule has 1 aromatic carbocycles. The van der Waals surface area contributed by atoms with Crippen LogP contribution >= 0.6 is 0 Å². The van der Waals surface area contributed by atoms with E-state index in [0.29, 0.717) is 12.0 Å². The number of nitrogens with zero attached hydrogens (tertiary/aromatic N) is 1. The van der Waals surface area contributed by atoms with E-state index in [1.807, 2.05) is 45.9 Å². The molecule has 190 valence electrons. The molecule has 2 N–H and O–H groups in total. The number of hydrogen-bond donors (Lipinski definition) is 2. The van der Waals surface area contributed by atoms with Crippen LogP contribution in [0.3, 0.4) is 0 Å². The molecular weight excluding hydrogens is 438 g/mol. The van der Waals surface area contributed by atoms with Crippen molar-refractivity contribution in [3.8, 4) is 0 Å². The van der Waals surface area contributed by atoms with E-state index in [0.717, 1.165) is 11.1 Å². The first kappa shape index (κ1) is 28.9. The van der Waals surface area contributed by atoms with Crippen molar-refractivity contribution in [2.24, 2.45) is 0 Å². The van der Waals surface area contributed by atoms with Gasteiger partial charge < -0.3 is 25.0 Å². The second-order valence-corrected chi connectivity index (χ2v) is 9.37. The number of esters is 1. The van der Waals surface area contributed by atoms with Gasteiger partial charge in [-0.15, -0.1) is 0 Å². The second kappa shape index (κ2) is 12.4. The zero-order chi connectivity index (χ0) is 26.2. The highest BCUT2D eigenvalue weighted by Crippen LogP contribution is 2.30. The zero-order valence-electron chi connectivity index (χ0n) is 21.8. The van der Waals surface area contributed by atoms with Gasteiger partial charge >= 0.3 is 12.1 Å². The van der Waals surface area contributed by atoms with Crippen LogP contribution in [0.4, 0.5) is 4.79 Å². The number of methoxy groups -OCH3 is 1. The fraction of sp³-hybridized carbons (Fsp3) is 0.600. The van der Waals surface area contributed by atoms with Gasteiger partial charge in [-0.05, 0) is 71.6 Å². The molecule has 3 amide bonds. The lowest BCUT2D eigenvalue weighted by atomic mass is 9.92. The molecule has 0 fully saturated rings. The molecule has 0 aliphatic rings. The van der Waals surface area contributed by atoms with Crippen molar-refractivity contribution in [3.63, 3.8) is 0 Å². The van der Waals surface area contributed by atoms with Gasteiger partial charge in [-0.1, -0.05) is 25.1 Å². The zero-order valence-corrected chi connectivity index (χ0v) is 21.8. The van der Waals surface area contributed by atoms with E-state index < -0.39 is 41.6 Å². The fourth-order valence-corrected chi connectivity index (χ4v) is 3.55. The number of nitrogens with one attached hydrogen (secondary N) is 2. The third-order valence-corrected chi connectivity index (χ3v) is 5.40. The van der Waals surface area contributed by atoms with E-state index in [4.69, 9.17) is 4.74 Å². The Morgan fingerprint density at radius 2 is 1.62 bits per heavy atom. The van der Waals surface area contributed by atoms with Crippen LogP contribution in [-0.4, -0.2) is 60.1 Å². The third-order valence-electron chi connectivity index (χ3n) is 5.40. The first-order valence-corrected chi connectivity index (χ1v) is 11.5. The van der Waals surface area contributed by atoms with Gasteiger partial charge in [0.2, 0.25) is 11.8 Å². The van der Waals surface area contributed by atoms with Crippen LogP contribution < -0.4 is 10.6 Å². The number of carbonyl (C=O) groups excluding carboxylic acids is 4. The predicted octanol–water partition coefficient (Wildman–Crippen LogP) is 3.17. The summed E-state index contributed by atoms with van der Waals surface area (Å²) >= 11 is 0. The second-order valence-electron chi connectivity index (χ2n) is 9.37. The average molecular weight is 478 g/mol. The maximum Gasteiger partial charge on any atom is 0.408 e. The summed E-state index contributed by atoms with van der Waals surface area (Å²) in [5.74, 6) is -1.56. The van der Waals surface area contributed by atoms with Crippen molar-refractivity contribution < 1.29 is 28.7 Å². The molecule has 0 heterocycles. The Balaban J connectivity index is 3.45. The van der Waals surface area contributed by atoms with E-state index >= 15 is 0 Å². The maximum atomic E-state index is 13.7. The molecule has 9 heteroatoms. The van der Waals surface area contributed by atoms with Gasteiger partial charge in [0.15, 0.2) is 0 Å². The van der Waals surface area contributed by atoms with E-state index in [9.17, 15) is 19.2 Å². The van der Waals surface area contributed by atoms with Crippen LogP contribution in [0.2, 0.25) is 0 Å². The summed E-state index contributed by atoms with van der Waals surface area (Å²) in [7, 11) is 1.23. The molecule has 0 saturated heterocycles. The lowest BCUT2D eigenvalue weighted by molar-refractivity contribution is -0.146. The summed E-state index contributed by atoms with van der Waals surface area (Å²) in [4.78, 5) is 52.5. The number of ether oxygens (including phenoxy) is 2. The van der Waals surface area contributed by atoms with Crippen LogP contribution in [0.15, 0.2) is 18.2 Å². The van der Waals surface area contributed by atoms with Crippen LogP contribution in [-0.2, 0) is 23.9 Å². The maximum absolute atomic E-state index is 13.7. The van der Waals surface area contributed by atoms with Gasteiger partial charge in [0, 0.05) is 6.04 Å². The SMILES string of the molecule is CCC(C)N(C(=O)C(C)NC(=O)OC(C)(C)C)C(C(=O)NCC(=O)OC)c1c(C)cccc1C. The standard InChI is InChI=1S/C25H39N3O6/c1-10-17(4)28(23(31)18(5)27-24(32)34-25(6,7)8)21(22(30)26-14-19(29)33-9)20-15(2)12-11-13-16(20)3/h11-13,17-18,21H,10,14H2,1-9H3,(H,26,30)(H,27,32). The van der Waals surface area contributed by atoms with E-state index in [1.54, 1.807) is 27.7 Å². The summed E-state index contributed by atoms with van der Waals surface area (Å²) in [6.45, 7) is 13.9. The van der Waals surface area contributed by atoms with Gasteiger partial charge in [0.1, 0.15) is 24.2 Å². The Bertz CT molecular complexity index is 873. The molecule has 0 bridgehead atoms. The number of rotatable bonds is 9. The number of amides is 3. The predicted molar refractivity (Wildman–Crippen MR) is 129 cm³/mol. The molecule has 3 atom stereocenters.